The van der Waals surface area contributed by atoms with Crippen molar-refractivity contribution in [3.63, 3.8) is 0 Å². The lowest BCUT2D eigenvalue weighted by molar-refractivity contribution is 0.103. The Balaban J connectivity index is 1.31. The summed E-state index contributed by atoms with van der Waals surface area (Å²) < 4.78 is 0.795. The van der Waals surface area contributed by atoms with Crippen molar-refractivity contribution in [2.24, 2.45) is 0 Å². The summed E-state index contributed by atoms with van der Waals surface area (Å²) in [7, 11) is 0. The molecule has 3 heteroatoms. The standard InChI is InChI=1S/C43H34BrNO/c1-42(2)36-17-8-5-14-31(36)33-22-20-29(25-38(33)42)45(28-13-11-12-27(24-28)41(46)35-16-7-10-19-40(35)44)30-21-23-34-32-15-6-9-18-37(32)43(3,4)39(34)26-30/h5-26H,1-4H3. The van der Waals surface area contributed by atoms with Crippen molar-refractivity contribution in [2.45, 2.75) is 38.5 Å². The van der Waals surface area contributed by atoms with E-state index in [2.05, 4.69) is 140 Å². The summed E-state index contributed by atoms with van der Waals surface area (Å²) in [5.41, 5.74) is 14.6. The topological polar surface area (TPSA) is 20.3 Å². The lowest BCUT2D eigenvalue weighted by atomic mass is 9.82. The highest BCUT2D eigenvalue weighted by molar-refractivity contribution is 9.10. The molecule has 6 aromatic rings. The van der Waals surface area contributed by atoms with Gasteiger partial charge in [0.25, 0.3) is 0 Å². The molecule has 8 rings (SSSR count). The number of carbonyl (C=O) groups excluding carboxylic acids is 1. The molecule has 0 aliphatic heterocycles. The first kappa shape index (κ1) is 28.7. The van der Waals surface area contributed by atoms with Crippen LogP contribution in [0.2, 0.25) is 0 Å². The molecule has 2 aliphatic rings. The average Bonchev–Trinajstić information content (AvgIpc) is 3.44. The third kappa shape index (κ3) is 4.25. The van der Waals surface area contributed by atoms with Crippen molar-refractivity contribution < 1.29 is 4.79 Å². The SMILES string of the molecule is CC1(C)c2ccccc2-c2ccc(N(c3cccc(C(=O)c4ccccc4Br)c3)c3ccc4c(c3)C(C)(C)c3ccccc3-4)cc21. The summed E-state index contributed by atoms with van der Waals surface area (Å²) in [4.78, 5) is 16.1. The van der Waals surface area contributed by atoms with Gasteiger partial charge in [-0.1, -0.05) is 129 Å². The molecule has 0 atom stereocenters. The normalized spacial score (nSPS) is 14.6. The molecule has 0 unspecified atom stereocenters. The van der Waals surface area contributed by atoms with Crippen molar-refractivity contribution in [1.29, 1.82) is 0 Å². The number of carbonyl (C=O) groups is 1. The molecule has 0 heterocycles. The first-order valence-corrected chi connectivity index (χ1v) is 16.6. The molecule has 0 N–H and O–H groups in total. The predicted octanol–water partition coefficient (Wildman–Crippen LogP) is 11.8. The number of benzene rings is 6. The highest BCUT2D eigenvalue weighted by Crippen LogP contribution is 2.53. The van der Waals surface area contributed by atoms with Crippen molar-refractivity contribution in [1.82, 2.24) is 0 Å². The second-order valence-corrected chi connectivity index (χ2v) is 14.3. The Kier molecular flexibility index (Phi) is 6.49. The Hall–Kier alpha value is -4.73. The van der Waals surface area contributed by atoms with Crippen molar-refractivity contribution in [3.8, 4) is 22.3 Å². The lowest BCUT2D eigenvalue weighted by Gasteiger charge is -2.30. The van der Waals surface area contributed by atoms with E-state index >= 15 is 0 Å². The smallest absolute Gasteiger partial charge is 0.194 e. The quantitative estimate of drug-likeness (QED) is 0.172. The van der Waals surface area contributed by atoms with E-state index in [-0.39, 0.29) is 16.6 Å². The van der Waals surface area contributed by atoms with Crippen LogP contribution in [0.25, 0.3) is 22.3 Å². The van der Waals surface area contributed by atoms with Gasteiger partial charge in [0.1, 0.15) is 0 Å². The van der Waals surface area contributed by atoms with Gasteiger partial charge in [0.15, 0.2) is 5.78 Å². The largest absolute Gasteiger partial charge is 0.310 e. The molecule has 0 aromatic heterocycles. The molecule has 0 bridgehead atoms. The molecular formula is C43H34BrNO. The molecular weight excluding hydrogens is 626 g/mol. The van der Waals surface area contributed by atoms with E-state index in [4.69, 9.17) is 0 Å². The number of hydrogen-bond donors (Lipinski definition) is 0. The van der Waals surface area contributed by atoms with Crippen LogP contribution in [0.5, 0.6) is 0 Å². The third-order valence-electron chi connectivity index (χ3n) is 10.1. The Morgan fingerprint density at radius 1 is 0.500 bits per heavy atom. The van der Waals surface area contributed by atoms with E-state index in [9.17, 15) is 4.79 Å². The Morgan fingerprint density at radius 3 is 1.54 bits per heavy atom. The summed E-state index contributed by atoms with van der Waals surface area (Å²) in [5.74, 6) is -0.00894. The zero-order chi connectivity index (χ0) is 31.8. The lowest BCUT2D eigenvalue weighted by Crippen LogP contribution is -2.18. The molecule has 0 saturated heterocycles. The molecule has 2 aliphatic carbocycles. The van der Waals surface area contributed by atoms with Gasteiger partial charge in [-0.15, -0.1) is 0 Å². The van der Waals surface area contributed by atoms with Crippen LogP contribution in [0.4, 0.5) is 17.1 Å². The summed E-state index contributed by atoms with van der Waals surface area (Å²) >= 11 is 3.59. The van der Waals surface area contributed by atoms with Crippen LogP contribution in [-0.2, 0) is 10.8 Å². The van der Waals surface area contributed by atoms with Gasteiger partial charge >= 0.3 is 0 Å². The average molecular weight is 661 g/mol. The highest BCUT2D eigenvalue weighted by atomic mass is 79.9. The molecule has 2 nitrogen and oxygen atoms in total. The summed E-state index contributed by atoms with van der Waals surface area (Å²) in [5, 5.41) is 0. The first-order chi connectivity index (χ1) is 22.2. The number of rotatable bonds is 5. The maximum absolute atomic E-state index is 13.8. The van der Waals surface area contributed by atoms with Gasteiger partial charge in [0.2, 0.25) is 0 Å². The fraction of sp³-hybridized carbons (Fsp3) is 0.140. The Morgan fingerprint density at radius 2 is 0.978 bits per heavy atom. The van der Waals surface area contributed by atoms with Crippen LogP contribution in [0, 0.1) is 0 Å². The fourth-order valence-corrected chi connectivity index (χ4v) is 8.16. The molecule has 0 radical (unpaired) electrons. The van der Waals surface area contributed by atoms with Crippen molar-refractivity contribution in [2.75, 3.05) is 4.90 Å². The summed E-state index contributed by atoms with van der Waals surface area (Å²) in [6, 6.07) is 46.9. The zero-order valence-electron chi connectivity index (χ0n) is 26.4. The van der Waals surface area contributed by atoms with Crippen LogP contribution in [0.3, 0.4) is 0 Å². The molecule has 224 valence electrons. The van der Waals surface area contributed by atoms with Gasteiger partial charge < -0.3 is 4.90 Å². The van der Waals surface area contributed by atoms with Gasteiger partial charge in [0.05, 0.1) is 0 Å². The number of ketones is 1. The van der Waals surface area contributed by atoms with Crippen molar-refractivity contribution >= 4 is 38.8 Å². The van der Waals surface area contributed by atoms with E-state index in [1.165, 1.54) is 44.5 Å². The molecule has 0 saturated carbocycles. The number of hydrogen-bond acceptors (Lipinski definition) is 2. The first-order valence-electron chi connectivity index (χ1n) is 15.8. The van der Waals surface area contributed by atoms with E-state index in [1.807, 2.05) is 42.5 Å². The van der Waals surface area contributed by atoms with Crippen LogP contribution in [0.15, 0.2) is 138 Å². The minimum atomic E-state index is -0.132. The van der Waals surface area contributed by atoms with Crippen LogP contribution >= 0.6 is 15.9 Å². The van der Waals surface area contributed by atoms with Crippen molar-refractivity contribution in [3.05, 3.63) is 171 Å². The van der Waals surface area contributed by atoms with Gasteiger partial charge in [-0.3, -0.25) is 4.79 Å². The van der Waals surface area contributed by atoms with E-state index in [1.54, 1.807) is 0 Å². The predicted molar refractivity (Wildman–Crippen MR) is 194 cm³/mol. The van der Waals surface area contributed by atoms with Gasteiger partial charge in [0, 0.05) is 43.5 Å². The second kappa shape index (κ2) is 10.4. The number of halogens is 1. The highest BCUT2D eigenvalue weighted by Gasteiger charge is 2.37. The van der Waals surface area contributed by atoms with Crippen LogP contribution in [0.1, 0.15) is 65.9 Å². The zero-order valence-corrected chi connectivity index (χ0v) is 28.0. The van der Waals surface area contributed by atoms with E-state index < -0.39 is 0 Å². The maximum atomic E-state index is 13.8. The Bertz CT molecular complexity index is 2100. The molecule has 46 heavy (non-hydrogen) atoms. The molecule has 0 spiro atoms. The van der Waals surface area contributed by atoms with Gasteiger partial charge in [-0.2, -0.15) is 0 Å². The van der Waals surface area contributed by atoms with Crippen LogP contribution < -0.4 is 4.90 Å². The Labute approximate surface area is 279 Å². The monoisotopic (exact) mass is 659 g/mol. The van der Waals surface area contributed by atoms with Crippen LogP contribution in [-0.4, -0.2) is 5.78 Å². The number of anilines is 3. The second-order valence-electron chi connectivity index (χ2n) is 13.5. The van der Waals surface area contributed by atoms with Gasteiger partial charge in [-0.25, -0.2) is 0 Å². The summed E-state index contributed by atoms with van der Waals surface area (Å²) in [6.45, 7) is 9.27. The fourth-order valence-electron chi connectivity index (χ4n) is 7.70. The van der Waals surface area contributed by atoms with E-state index in [0.29, 0.717) is 11.1 Å². The van der Waals surface area contributed by atoms with Gasteiger partial charge in [-0.05, 0) is 93.0 Å². The molecule has 0 amide bonds. The number of nitrogens with zero attached hydrogens (tertiary/aromatic N) is 1. The number of fused-ring (bicyclic) bond motifs is 6. The van der Waals surface area contributed by atoms with E-state index in [0.717, 1.165) is 21.5 Å². The molecule has 0 fully saturated rings. The summed E-state index contributed by atoms with van der Waals surface area (Å²) in [6.07, 6.45) is 0. The molecule has 6 aromatic carbocycles. The maximum Gasteiger partial charge on any atom is 0.194 e. The minimum absolute atomic E-state index is 0.00894. The minimum Gasteiger partial charge on any atom is -0.310 e. The third-order valence-corrected chi connectivity index (χ3v) is 10.8.